The molecule has 0 aliphatic carbocycles. The minimum absolute atomic E-state index is 0.182. The lowest BCUT2D eigenvalue weighted by Gasteiger charge is -2.07. The van der Waals surface area contributed by atoms with Gasteiger partial charge in [0.15, 0.2) is 0 Å². The highest BCUT2D eigenvalue weighted by molar-refractivity contribution is 7.14. The molecular weight excluding hydrogens is 264 g/mol. The molecule has 2 N–H and O–H groups in total. The minimum Gasteiger partial charge on any atom is -0.336 e. The van der Waals surface area contributed by atoms with Gasteiger partial charge in [0.25, 0.3) is 0 Å². The van der Waals surface area contributed by atoms with Gasteiger partial charge >= 0.3 is 6.03 Å². The van der Waals surface area contributed by atoms with Crippen LogP contribution in [0.25, 0.3) is 0 Å². The molecule has 0 spiro atoms. The van der Waals surface area contributed by atoms with Crippen LogP contribution in [0, 0.1) is 0 Å². The Labute approximate surface area is 106 Å². The van der Waals surface area contributed by atoms with E-state index in [1.807, 2.05) is 0 Å². The maximum absolute atomic E-state index is 11.5. The first-order valence-electron chi connectivity index (χ1n) is 4.69. The second-order valence-corrected chi connectivity index (χ2v) is 4.75. The largest absolute Gasteiger partial charge is 0.349 e. The fourth-order valence-electron chi connectivity index (χ4n) is 1.27. The second-order valence-electron chi connectivity index (χ2n) is 3.40. The van der Waals surface area contributed by atoms with Crippen molar-refractivity contribution < 1.29 is 9.59 Å². The van der Waals surface area contributed by atoms with Crippen LogP contribution in [0.1, 0.15) is 0 Å². The summed E-state index contributed by atoms with van der Waals surface area (Å²) in [6, 6.07) is 1.08. The Balaban J connectivity index is 2.02. The molecular formula is C9H9ClN4O2S. The quantitative estimate of drug-likeness (QED) is 0.810. The molecule has 90 valence electrons. The molecule has 0 unspecified atom stereocenters. The number of carbonyl (C=O) groups is 2. The van der Waals surface area contributed by atoms with Gasteiger partial charge in [0.1, 0.15) is 0 Å². The van der Waals surface area contributed by atoms with E-state index in [0.29, 0.717) is 10.0 Å². The number of amides is 3. The number of rotatable bonds is 1. The van der Waals surface area contributed by atoms with E-state index < -0.39 is 6.03 Å². The van der Waals surface area contributed by atoms with Crippen LogP contribution in [-0.4, -0.2) is 36.4 Å². The van der Waals surface area contributed by atoms with Crippen molar-refractivity contribution in [3.63, 3.8) is 0 Å². The Morgan fingerprint density at radius 2 is 2.47 bits per heavy atom. The number of nitrogens with one attached hydrogen (secondary N) is 2. The first kappa shape index (κ1) is 11.9. The molecule has 1 aliphatic heterocycles. The summed E-state index contributed by atoms with van der Waals surface area (Å²) in [5, 5.41) is 7.90. The van der Waals surface area contributed by atoms with Gasteiger partial charge in [0, 0.05) is 12.4 Å². The first-order valence-corrected chi connectivity index (χ1v) is 5.95. The average molecular weight is 273 g/mol. The highest BCUT2D eigenvalue weighted by Crippen LogP contribution is 2.23. The molecule has 1 aromatic heterocycles. The van der Waals surface area contributed by atoms with Crippen molar-refractivity contribution in [2.24, 2.45) is 4.99 Å². The van der Waals surface area contributed by atoms with E-state index in [1.54, 1.807) is 23.4 Å². The van der Waals surface area contributed by atoms with Crippen molar-refractivity contribution in [2.45, 2.75) is 0 Å². The lowest BCUT2D eigenvalue weighted by atomic mass is 10.6. The number of thiophene rings is 1. The summed E-state index contributed by atoms with van der Waals surface area (Å²) in [5.41, 5.74) is 0. The number of anilines is 1. The van der Waals surface area contributed by atoms with Gasteiger partial charge in [-0.15, -0.1) is 11.3 Å². The van der Waals surface area contributed by atoms with Crippen molar-refractivity contribution in [2.75, 3.05) is 18.9 Å². The number of hydrogen-bond acceptors (Lipinski definition) is 3. The van der Waals surface area contributed by atoms with Gasteiger partial charge in [-0.3, -0.25) is 15.4 Å². The van der Waals surface area contributed by atoms with Gasteiger partial charge in [-0.25, -0.2) is 4.79 Å². The van der Waals surface area contributed by atoms with Gasteiger partial charge in [-0.2, -0.15) is 4.99 Å². The van der Waals surface area contributed by atoms with E-state index in [-0.39, 0.29) is 18.4 Å². The topological polar surface area (TPSA) is 73.8 Å². The lowest BCUT2D eigenvalue weighted by molar-refractivity contribution is -0.118. The number of halogens is 1. The molecule has 3 amide bonds. The number of aliphatic imine (C=N–C) groups is 1. The molecule has 0 aromatic carbocycles. The lowest BCUT2D eigenvalue weighted by Crippen LogP contribution is -2.29. The Hall–Kier alpha value is -1.60. The minimum atomic E-state index is -0.549. The zero-order valence-electron chi connectivity index (χ0n) is 8.86. The predicted octanol–water partition coefficient (Wildman–Crippen LogP) is 1.35. The maximum Gasteiger partial charge on any atom is 0.349 e. The molecule has 6 nitrogen and oxygen atoms in total. The standard InChI is InChI=1S/C9H9ClN4O2S/c1-14-3-6(15)11-8(14)13-9(16)12-7-2-5(10)4-17-7/h2,4H,3H2,1H3,(H2,11,12,13,15,16). The average Bonchev–Trinajstić information content (AvgIpc) is 2.74. The Bertz CT molecular complexity index is 499. The van der Waals surface area contributed by atoms with Crippen molar-refractivity contribution >= 4 is 45.8 Å². The normalized spacial score (nSPS) is 17.4. The van der Waals surface area contributed by atoms with Crippen molar-refractivity contribution in [1.29, 1.82) is 0 Å². The van der Waals surface area contributed by atoms with Crippen LogP contribution in [0.4, 0.5) is 9.80 Å². The third-order valence-electron chi connectivity index (χ3n) is 2.00. The number of guanidine groups is 1. The van der Waals surface area contributed by atoms with Gasteiger partial charge in [0.2, 0.25) is 11.9 Å². The molecule has 0 atom stereocenters. The summed E-state index contributed by atoms with van der Waals surface area (Å²) >= 11 is 7.02. The van der Waals surface area contributed by atoms with Crippen LogP contribution in [0.3, 0.4) is 0 Å². The molecule has 0 radical (unpaired) electrons. The summed E-state index contributed by atoms with van der Waals surface area (Å²) in [6.45, 7) is 0.205. The Kier molecular flexibility index (Phi) is 3.30. The molecule has 1 aromatic rings. The maximum atomic E-state index is 11.5. The monoisotopic (exact) mass is 272 g/mol. The van der Waals surface area contributed by atoms with E-state index in [1.165, 1.54) is 11.3 Å². The van der Waals surface area contributed by atoms with Gasteiger partial charge < -0.3 is 4.90 Å². The predicted molar refractivity (Wildman–Crippen MR) is 66.6 cm³/mol. The molecule has 0 bridgehead atoms. The fraction of sp³-hybridized carbons (Fsp3) is 0.222. The number of likely N-dealkylation sites (N-methyl/N-ethyl adjacent to an activating group) is 1. The van der Waals surface area contributed by atoms with Crippen LogP contribution in [-0.2, 0) is 4.79 Å². The fourth-order valence-corrected chi connectivity index (χ4v) is 2.23. The number of carbonyl (C=O) groups excluding carboxylic acids is 2. The van der Waals surface area contributed by atoms with E-state index >= 15 is 0 Å². The van der Waals surface area contributed by atoms with Gasteiger partial charge in [-0.1, -0.05) is 11.6 Å². The van der Waals surface area contributed by atoms with Crippen molar-refractivity contribution in [3.05, 3.63) is 16.5 Å². The van der Waals surface area contributed by atoms with E-state index in [0.717, 1.165) is 0 Å². The Morgan fingerprint density at radius 3 is 3.00 bits per heavy atom. The molecule has 2 heterocycles. The zero-order valence-corrected chi connectivity index (χ0v) is 10.4. The van der Waals surface area contributed by atoms with Gasteiger partial charge in [-0.05, 0) is 6.07 Å². The zero-order chi connectivity index (χ0) is 12.4. The summed E-state index contributed by atoms with van der Waals surface area (Å²) < 4.78 is 0. The molecule has 2 rings (SSSR count). The first-order chi connectivity index (χ1) is 8.04. The van der Waals surface area contributed by atoms with Gasteiger partial charge in [0.05, 0.1) is 16.6 Å². The molecule has 0 saturated carbocycles. The number of hydrogen-bond donors (Lipinski definition) is 2. The SMILES string of the molecule is CN1CC(=O)NC1=NC(=O)Nc1cc(Cl)cs1. The third-order valence-corrected chi connectivity index (χ3v) is 3.19. The van der Waals surface area contributed by atoms with Crippen LogP contribution in [0.15, 0.2) is 16.4 Å². The second kappa shape index (κ2) is 4.72. The summed E-state index contributed by atoms with van der Waals surface area (Å²) in [4.78, 5) is 27.8. The van der Waals surface area contributed by atoms with Crippen LogP contribution >= 0.6 is 22.9 Å². The highest BCUT2D eigenvalue weighted by Gasteiger charge is 2.22. The molecule has 1 saturated heterocycles. The van der Waals surface area contributed by atoms with Crippen LogP contribution < -0.4 is 10.6 Å². The van der Waals surface area contributed by atoms with Crippen molar-refractivity contribution in [3.8, 4) is 0 Å². The van der Waals surface area contributed by atoms with Crippen LogP contribution in [0.2, 0.25) is 5.02 Å². The third kappa shape index (κ3) is 2.95. The Morgan fingerprint density at radius 1 is 1.71 bits per heavy atom. The van der Waals surface area contributed by atoms with E-state index in [2.05, 4.69) is 15.6 Å². The molecule has 1 fully saturated rings. The smallest absolute Gasteiger partial charge is 0.336 e. The van der Waals surface area contributed by atoms with E-state index in [4.69, 9.17) is 11.6 Å². The number of nitrogens with zero attached hydrogens (tertiary/aromatic N) is 2. The summed E-state index contributed by atoms with van der Waals surface area (Å²) in [6.07, 6.45) is 0. The highest BCUT2D eigenvalue weighted by atomic mass is 35.5. The van der Waals surface area contributed by atoms with E-state index in [9.17, 15) is 9.59 Å². The molecule has 17 heavy (non-hydrogen) atoms. The summed E-state index contributed by atoms with van der Waals surface area (Å²) in [7, 11) is 1.67. The van der Waals surface area contributed by atoms with Crippen LogP contribution in [0.5, 0.6) is 0 Å². The van der Waals surface area contributed by atoms with Crippen molar-refractivity contribution in [1.82, 2.24) is 10.2 Å². The number of urea groups is 1. The molecule has 8 heteroatoms. The summed E-state index contributed by atoms with van der Waals surface area (Å²) in [5.74, 6) is 0.0633. The molecule has 1 aliphatic rings.